The molecular formula is C13H17N3O3. The first-order valence-electron chi connectivity index (χ1n) is 6.27. The van der Waals surface area contributed by atoms with Gasteiger partial charge in [0.15, 0.2) is 0 Å². The molecule has 1 atom stereocenters. The normalized spacial score (nSPS) is 19.3. The smallest absolute Gasteiger partial charge is 0.270 e. The van der Waals surface area contributed by atoms with Crippen LogP contribution in [0.15, 0.2) is 18.2 Å². The predicted molar refractivity (Wildman–Crippen MR) is 71.2 cm³/mol. The number of hydrogen-bond acceptors (Lipinski definition) is 4. The van der Waals surface area contributed by atoms with Gasteiger partial charge in [0.25, 0.3) is 11.6 Å². The Bertz CT molecular complexity index is 516. The molecule has 6 heteroatoms. The van der Waals surface area contributed by atoms with E-state index in [1.54, 1.807) is 17.9 Å². The van der Waals surface area contributed by atoms with E-state index in [1.165, 1.54) is 12.1 Å². The van der Waals surface area contributed by atoms with Gasteiger partial charge < -0.3 is 10.2 Å². The van der Waals surface area contributed by atoms with Gasteiger partial charge in [-0.25, -0.2) is 0 Å². The van der Waals surface area contributed by atoms with Crippen molar-refractivity contribution in [1.29, 1.82) is 0 Å². The molecule has 2 rings (SSSR count). The molecular weight excluding hydrogens is 246 g/mol. The number of hydrogen-bond donors (Lipinski definition) is 1. The van der Waals surface area contributed by atoms with Crippen molar-refractivity contribution in [3.05, 3.63) is 39.4 Å². The topological polar surface area (TPSA) is 75.5 Å². The first-order chi connectivity index (χ1) is 8.99. The maximum absolute atomic E-state index is 12.4. The van der Waals surface area contributed by atoms with Crippen LogP contribution in [0.5, 0.6) is 0 Å². The molecule has 0 spiro atoms. The number of piperazine rings is 1. The molecule has 1 aromatic rings. The van der Waals surface area contributed by atoms with Crippen LogP contribution in [-0.4, -0.2) is 41.4 Å². The highest BCUT2D eigenvalue weighted by atomic mass is 16.6. The van der Waals surface area contributed by atoms with Crippen LogP contribution in [0.25, 0.3) is 0 Å². The summed E-state index contributed by atoms with van der Waals surface area (Å²) in [5.74, 6) is -0.138. The highest BCUT2D eigenvalue weighted by Crippen LogP contribution is 2.19. The molecule has 102 valence electrons. The van der Waals surface area contributed by atoms with Crippen molar-refractivity contribution in [3.8, 4) is 0 Å². The van der Waals surface area contributed by atoms with Crippen molar-refractivity contribution in [3.63, 3.8) is 0 Å². The minimum atomic E-state index is -0.467. The summed E-state index contributed by atoms with van der Waals surface area (Å²) in [6.45, 7) is 5.85. The molecule has 0 aliphatic carbocycles. The van der Waals surface area contributed by atoms with E-state index in [0.29, 0.717) is 12.1 Å². The van der Waals surface area contributed by atoms with Gasteiger partial charge in [-0.1, -0.05) is 0 Å². The maximum Gasteiger partial charge on any atom is 0.270 e. The molecule has 0 radical (unpaired) electrons. The third-order valence-electron chi connectivity index (χ3n) is 3.28. The summed E-state index contributed by atoms with van der Waals surface area (Å²) < 4.78 is 0. The van der Waals surface area contributed by atoms with Gasteiger partial charge in [-0.3, -0.25) is 14.9 Å². The van der Waals surface area contributed by atoms with Crippen LogP contribution in [0.1, 0.15) is 22.8 Å². The molecule has 19 heavy (non-hydrogen) atoms. The number of nitro groups is 1. The Hall–Kier alpha value is -1.95. The average molecular weight is 263 g/mol. The van der Waals surface area contributed by atoms with E-state index in [1.807, 2.05) is 6.92 Å². The van der Waals surface area contributed by atoms with E-state index >= 15 is 0 Å². The molecule has 1 saturated heterocycles. The number of carbonyl (C=O) groups is 1. The van der Waals surface area contributed by atoms with Gasteiger partial charge in [-0.15, -0.1) is 0 Å². The lowest BCUT2D eigenvalue weighted by atomic mass is 10.1. The number of benzene rings is 1. The number of nitrogens with one attached hydrogen (secondary N) is 1. The third-order valence-corrected chi connectivity index (χ3v) is 3.28. The summed E-state index contributed by atoms with van der Waals surface area (Å²) in [5.41, 5.74) is 1.08. The number of nitrogens with zero attached hydrogens (tertiary/aromatic N) is 2. The number of nitro benzene ring substituents is 1. The number of amides is 1. The fourth-order valence-corrected chi connectivity index (χ4v) is 2.30. The van der Waals surface area contributed by atoms with Crippen LogP contribution < -0.4 is 5.32 Å². The molecule has 0 aromatic heterocycles. The molecule has 0 bridgehead atoms. The summed E-state index contributed by atoms with van der Waals surface area (Å²) in [6, 6.07) is 4.62. The SMILES string of the molecule is Cc1cc(C(=O)N2CCNC[C@H]2C)cc([N+](=O)[O-])c1. The van der Waals surface area contributed by atoms with Gasteiger partial charge >= 0.3 is 0 Å². The highest BCUT2D eigenvalue weighted by molar-refractivity contribution is 5.95. The lowest BCUT2D eigenvalue weighted by Crippen LogP contribution is -2.52. The fourth-order valence-electron chi connectivity index (χ4n) is 2.30. The molecule has 1 fully saturated rings. The molecule has 1 aliphatic heterocycles. The molecule has 1 heterocycles. The number of non-ortho nitro benzene ring substituents is 1. The standard InChI is InChI=1S/C13H17N3O3/c1-9-5-11(7-12(6-9)16(18)19)13(17)15-4-3-14-8-10(15)2/h5-7,10,14H,3-4,8H2,1-2H3/t10-/m1/s1. The van der Waals surface area contributed by atoms with Crippen molar-refractivity contribution in [2.75, 3.05) is 19.6 Å². The van der Waals surface area contributed by atoms with Crippen LogP contribution in [0.4, 0.5) is 5.69 Å². The van der Waals surface area contributed by atoms with Gasteiger partial charge in [-0.2, -0.15) is 0 Å². The predicted octanol–water partition coefficient (Wildman–Crippen LogP) is 1.34. The molecule has 1 amide bonds. The van der Waals surface area contributed by atoms with E-state index < -0.39 is 4.92 Å². The van der Waals surface area contributed by atoms with Gasteiger partial charge in [-0.05, 0) is 25.5 Å². The number of carbonyl (C=O) groups excluding carboxylic acids is 1. The Kier molecular flexibility index (Phi) is 3.80. The van der Waals surface area contributed by atoms with Crippen LogP contribution in [0.2, 0.25) is 0 Å². The quantitative estimate of drug-likeness (QED) is 0.645. The van der Waals surface area contributed by atoms with Gasteiger partial charge in [0, 0.05) is 43.4 Å². The van der Waals surface area contributed by atoms with E-state index in [2.05, 4.69) is 5.32 Å². The molecule has 0 unspecified atom stereocenters. The zero-order valence-electron chi connectivity index (χ0n) is 11.0. The molecule has 1 aliphatic rings. The number of rotatable bonds is 2. The second-order valence-electron chi connectivity index (χ2n) is 4.87. The Morgan fingerprint density at radius 2 is 2.21 bits per heavy atom. The summed E-state index contributed by atoms with van der Waals surface area (Å²) in [6.07, 6.45) is 0. The monoisotopic (exact) mass is 263 g/mol. The lowest BCUT2D eigenvalue weighted by Gasteiger charge is -2.34. The molecule has 1 aromatic carbocycles. The molecule has 0 saturated carbocycles. The second-order valence-corrected chi connectivity index (χ2v) is 4.87. The largest absolute Gasteiger partial charge is 0.333 e. The van der Waals surface area contributed by atoms with Gasteiger partial charge in [0.1, 0.15) is 0 Å². The van der Waals surface area contributed by atoms with E-state index in [4.69, 9.17) is 0 Å². The Morgan fingerprint density at radius 1 is 1.47 bits per heavy atom. The fraction of sp³-hybridized carbons (Fsp3) is 0.462. The summed E-state index contributed by atoms with van der Waals surface area (Å²) in [4.78, 5) is 24.5. The molecule has 6 nitrogen and oxygen atoms in total. The zero-order chi connectivity index (χ0) is 14.0. The first kappa shape index (κ1) is 13.5. The Labute approximate surface area is 111 Å². The Morgan fingerprint density at radius 3 is 2.84 bits per heavy atom. The van der Waals surface area contributed by atoms with Crippen molar-refractivity contribution in [2.45, 2.75) is 19.9 Å². The zero-order valence-corrected chi connectivity index (χ0v) is 11.0. The van der Waals surface area contributed by atoms with Crippen molar-refractivity contribution in [2.24, 2.45) is 0 Å². The van der Waals surface area contributed by atoms with Crippen LogP contribution in [0, 0.1) is 17.0 Å². The van der Waals surface area contributed by atoms with Crippen molar-refractivity contribution in [1.82, 2.24) is 10.2 Å². The second kappa shape index (κ2) is 5.36. The average Bonchev–Trinajstić information content (AvgIpc) is 2.37. The summed E-state index contributed by atoms with van der Waals surface area (Å²) >= 11 is 0. The van der Waals surface area contributed by atoms with Crippen LogP contribution in [0.3, 0.4) is 0 Å². The van der Waals surface area contributed by atoms with E-state index in [9.17, 15) is 14.9 Å². The van der Waals surface area contributed by atoms with E-state index in [0.717, 1.165) is 18.7 Å². The van der Waals surface area contributed by atoms with Crippen LogP contribution in [-0.2, 0) is 0 Å². The first-order valence-corrected chi connectivity index (χ1v) is 6.27. The highest BCUT2D eigenvalue weighted by Gasteiger charge is 2.25. The lowest BCUT2D eigenvalue weighted by molar-refractivity contribution is -0.384. The maximum atomic E-state index is 12.4. The molecule has 1 N–H and O–H groups in total. The van der Waals surface area contributed by atoms with Crippen molar-refractivity contribution < 1.29 is 9.72 Å². The van der Waals surface area contributed by atoms with E-state index in [-0.39, 0.29) is 17.6 Å². The summed E-state index contributed by atoms with van der Waals surface area (Å²) in [5, 5.41) is 14.0. The number of aryl methyl sites for hydroxylation is 1. The minimum Gasteiger partial charge on any atom is -0.333 e. The minimum absolute atomic E-state index is 0.0360. The van der Waals surface area contributed by atoms with Crippen molar-refractivity contribution >= 4 is 11.6 Å². The third kappa shape index (κ3) is 2.90. The van der Waals surface area contributed by atoms with Crippen LogP contribution >= 0.6 is 0 Å². The van der Waals surface area contributed by atoms with Gasteiger partial charge in [0.05, 0.1) is 4.92 Å². The van der Waals surface area contributed by atoms with Gasteiger partial charge in [0.2, 0.25) is 0 Å². The Balaban J connectivity index is 2.30. The summed E-state index contributed by atoms with van der Waals surface area (Å²) in [7, 11) is 0.